The largest absolute Gasteiger partial charge is 0.379 e. The minimum Gasteiger partial charge on any atom is -0.379 e. The van der Waals surface area contributed by atoms with Crippen molar-refractivity contribution in [2.45, 2.75) is 18.9 Å². The first-order valence-electron chi connectivity index (χ1n) is 10.7. The van der Waals surface area contributed by atoms with E-state index in [-0.39, 0.29) is 36.7 Å². The van der Waals surface area contributed by atoms with Crippen molar-refractivity contribution < 1.29 is 19.1 Å². The van der Waals surface area contributed by atoms with Crippen LogP contribution in [0.25, 0.3) is 0 Å². The summed E-state index contributed by atoms with van der Waals surface area (Å²) in [5.41, 5.74) is 1.93. The van der Waals surface area contributed by atoms with Gasteiger partial charge in [0.25, 0.3) is 11.8 Å². The Bertz CT molecular complexity index is 906. The van der Waals surface area contributed by atoms with E-state index in [4.69, 9.17) is 4.74 Å². The zero-order valence-corrected chi connectivity index (χ0v) is 17.5. The first-order chi connectivity index (χ1) is 15.1. The first kappa shape index (κ1) is 21.2. The van der Waals surface area contributed by atoms with Crippen LogP contribution in [0.1, 0.15) is 45.2 Å². The Hall–Kier alpha value is -3.03. The van der Waals surface area contributed by atoms with Gasteiger partial charge in [-0.2, -0.15) is 0 Å². The number of imide groups is 1. The van der Waals surface area contributed by atoms with E-state index in [0.717, 1.165) is 25.2 Å². The van der Waals surface area contributed by atoms with Gasteiger partial charge in [-0.3, -0.25) is 24.2 Å². The van der Waals surface area contributed by atoms with Gasteiger partial charge in [0.2, 0.25) is 5.91 Å². The highest BCUT2D eigenvalue weighted by molar-refractivity contribution is 6.21. The van der Waals surface area contributed by atoms with Crippen LogP contribution in [0.15, 0.2) is 54.6 Å². The molecule has 0 radical (unpaired) electrons. The second kappa shape index (κ2) is 9.85. The Kier molecular flexibility index (Phi) is 6.74. The Morgan fingerprint density at radius 3 is 2.19 bits per heavy atom. The molecule has 0 aromatic heterocycles. The van der Waals surface area contributed by atoms with Crippen LogP contribution in [-0.2, 0) is 9.53 Å². The lowest BCUT2D eigenvalue weighted by molar-refractivity contribution is -0.122. The SMILES string of the molecule is O=C(CCCN1C(=O)c2ccccc2C1=O)N[C@@H](CN1CCOCC1)c1ccccc1. The van der Waals surface area contributed by atoms with Crippen LogP contribution in [-0.4, -0.2) is 66.9 Å². The molecule has 1 N–H and O–H groups in total. The molecular formula is C24H27N3O4. The van der Waals surface area contributed by atoms with Crippen molar-refractivity contribution in [1.29, 1.82) is 0 Å². The summed E-state index contributed by atoms with van der Waals surface area (Å²) in [5.74, 6) is -0.648. The molecule has 1 atom stereocenters. The summed E-state index contributed by atoms with van der Waals surface area (Å²) >= 11 is 0. The van der Waals surface area contributed by atoms with E-state index in [0.29, 0.717) is 30.8 Å². The molecule has 31 heavy (non-hydrogen) atoms. The number of nitrogens with zero attached hydrogens (tertiary/aromatic N) is 2. The van der Waals surface area contributed by atoms with Crippen LogP contribution in [0.2, 0.25) is 0 Å². The topological polar surface area (TPSA) is 79.0 Å². The van der Waals surface area contributed by atoms with Crippen LogP contribution in [0.4, 0.5) is 0 Å². The lowest BCUT2D eigenvalue weighted by atomic mass is 10.1. The second-order valence-electron chi connectivity index (χ2n) is 7.85. The molecule has 3 amide bonds. The maximum Gasteiger partial charge on any atom is 0.261 e. The second-order valence-corrected chi connectivity index (χ2v) is 7.85. The fraction of sp³-hybridized carbons (Fsp3) is 0.375. The van der Waals surface area contributed by atoms with Gasteiger partial charge in [0, 0.05) is 32.6 Å². The monoisotopic (exact) mass is 421 g/mol. The Balaban J connectivity index is 1.32. The first-order valence-corrected chi connectivity index (χ1v) is 10.7. The average molecular weight is 421 g/mol. The number of ether oxygens (including phenoxy) is 1. The zero-order valence-electron chi connectivity index (χ0n) is 17.5. The van der Waals surface area contributed by atoms with Crippen LogP contribution < -0.4 is 5.32 Å². The normalized spacial score (nSPS) is 17.5. The smallest absolute Gasteiger partial charge is 0.261 e. The van der Waals surface area contributed by atoms with Crippen LogP contribution >= 0.6 is 0 Å². The molecule has 162 valence electrons. The molecule has 0 saturated carbocycles. The van der Waals surface area contributed by atoms with E-state index in [2.05, 4.69) is 10.2 Å². The summed E-state index contributed by atoms with van der Waals surface area (Å²) in [6.07, 6.45) is 0.677. The molecule has 0 spiro atoms. The number of benzene rings is 2. The number of nitrogens with one attached hydrogen (secondary N) is 1. The molecule has 0 unspecified atom stereocenters. The van der Waals surface area contributed by atoms with Crippen molar-refractivity contribution in [3.05, 3.63) is 71.3 Å². The third-order valence-corrected chi connectivity index (χ3v) is 5.75. The van der Waals surface area contributed by atoms with Crippen molar-refractivity contribution in [3.8, 4) is 0 Å². The minimum absolute atomic E-state index is 0.0845. The number of amides is 3. The van der Waals surface area contributed by atoms with E-state index in [1.165, 1.54) is 4.90 Å². The fourth-order valence-corrected chi connectivity index (χ4v) is 4.07. The van der Waals surface area contributed by atoms with Crippen molar-refractivity contribution in [3.63, 3.8) is 0 Å². The third kappa shape index (κ3) is 5.00. The molecule has 4 rings (SSSR count). The molecule has 2 aromatic rings. The molecule has 1 saturated heterocycles. The van der Waals surface area contributed by atoms with Gasteiger partial charge in [0.1, 0.15) is 0 Å². The van der Waals surface area contributed by atoms with Gasteiger partial charge in [-0.05, 0) is 24.1 Å². The van der Waals surface area contributed by atoms with E-state index in [1.807, 2.05) is 30.3 Å². The van der Waals surface area contributed by atoms with Gasteiger partial charge >= 0.3 is 0 Å². The molecular weight excluding hydrogens is 394 g/mol. The average Bonchev–Trinajstić information content (AvgIpc) is 3.05. The maximum absolute atomic E-state index is 12.7. The molecule has 0 bridgehead atoms. The molecule has 2 heterocycles. The third-order valence-electron chi connectivity index (χ3n) is 5.75. The van der Waals surface area contributed by atoms with Gasteiger partial charge in [-0.25, -0.2) is 0 Å². The number of hydrogen-bond acceptors (Lipinski definition) is 5. The Morgan fingerprint density at radius 2 is 1.55 bits per heavy atom. The fourth-order valence-electron chi connectivity index (χ4n) is 4.07. The van der Waals surface area contributed by atoms with Crippen LogP contribution in [0.5, 0.6) is 0 Å². The highest BCUT2D eigenvalue weighted by Crippen LogP contribution is 2.23. The van der Waals surface area contributed by atoms with Gasteiger partial charge in [0.05, 0.1) is 30.4 Å². The summed E-state index contributed by atoms with van der Waals surface area (Å²) < 4.78 is 5.42. The summed E-state index contributed by atoms with van der Waals surface area (Å²) in [6, 6.07) is 16.6. The molecule has 2 aromatic carbocycles. The molecule has 7 heteroatoms. The van der Waals surface area contributed by atoms with Crippen molar-refractivity contribution in [2.75, 3.05) is 39.4 Å². The zero-order chi connectivity index (χ0) is 21.6. The van der Waals surface area contributed by atoms with Gasteiger partial charge < -0.3 is 10.1 Å². The number of rotatable bonds is 8. The molecule has 2 aliphatic rings. The number of carbonyl (C=O) groups excluding carboxylic acids is 3. The quantitative estimate of drug-likeness (QED) is 0.662. The highest BCUT2D eigenvalue weighted by atomic mass is 16.5. The van der Waals surface area contributed by atoms with E-state index in [1.54, 1.807) is 24.3 Å². The molecule has 7 nitrogen and oxygen atoms in total. The van der Waals surface area contributed by atoms with Gasteiger partial charge in [-0.1, -0.05) is 42.5 Å². The standard InChI is InChI=1S/C24H27N3O4/c28-22(11-6-12-27-23(29)19-9-4-5-10-20(19)24(27)30)25-21(18-7-2-1-3-8-18)17-26-13-15-31-16-14-26/h1-5,7-10,21H,6,11-17H2,(H,25,28)/t21-/m0/s1. The molecule has 2 aliphatic heterocycles. The lowest BCUT2D eigenvalue weighted by Crippen LogP contribution is -2.43. The Labute approximate surface area is 182 Å². The van der Waals surface area contributed by atoms with Crippen molar-refractivity contribution >= 4 is 17.7 Å². The van der Waals surface area contributed by atoms with Gasteiger partial charge in [-0.15, -0.1) is 0 Å². The van der Waals surface area contributed by atoms with Crippen LogP contribution in [0.3, 0.4) is 0 Å². The number of morpholine rings is 1. The van der Waals surface area contributed by atoms with Crippen molar-refractivity contribution in [1.82, 2.24) is 15.1 Å². The maximum atomic E-state index is 12.7. The highest BCUT2D eigenvalue weighted by Gasteiger charge is 2.34. The lowest BCUT2D eigenvalue weighted by Gasteiger charge is -2.31. The number of carbonyl (C=O) groups is 3. The summed E-state index contributed by atoms with van der Waals surface area (Å²) in [4.78, 5) is 41.1. The summed E-state index contributed by atoms with van der Waals surface area (Å²) in [7, 11) is 0. The predicted molar refractivity (Wildman–Crippen MR) is 116 cm³/mol. The minimum atomic E-state index is -0.282. The van der Waals surface area contributed by atoms with E-state index < -0.39 is 0 Å². The Morgan fingerprint density at radius 1 is 0.935 bits per heavy atom. The number of hydrogen-bond donors (Lipinski definition) is 1. The van der Waals surface area contributed by atoms with E-state index >= 15 is 0 Å². The molecule has 0 aliphatic carbocycles. The number of fused-ring (bicyclic) bond motifs is 1. The predicted octanol–water partition coefficient (Wildman–Crippen LogP) is 2.25. The van der Waals surface area contributed by atoms with Crippen LogP contribution in [0, 0.1) is 0 Å². The van der Waals surface area contributed by atoms with Gasteiger partial charge in [0.15, 0.2) is 0 Å². The molecule has 1 fully saturated rings. The summed E-state index contributed by atoms with van der Waals surface area (Å²) in [6.45, 7) is 4.06. The summed E-state index contributed by atoms with van der Waals surface area (Å²) in [5, 5.41) is 3.14. The van der Waals surface area contributed by atoms with E-state index in [9.17, 15) is 14.4 Å². The van der Waals surface area contributed by atoms with Crippen molar-refractivity contribution in [2.24, 2.45) is 0 Å².